The lowest BCUT2D eigenvalue weighted by Crippen LogP contribution is -2.37. The van der Waals surface area contributed by atoms with Crippen molar-refractivity contribution >= 4 is 5.91 Å². The standard InChI is InChI=1S/C15H22N4O/c1-3-5-11-6-4-8-19(11)15(20)14-12-10-18(2)9-7-13(12)16-17-14/h4,6,11H,3,5,7-10H2,1-2H3,(H,16,17)/t11-/m1/s1. The lowest BCUT2D eigenvalue weighted by atomic mass is 10.0. The van der Waals surface area contributed by atoms with E-state index >= 15 is 0 Å². The number of likely N-dealkylation sites (N-methyl/N-ethyl adjacent to an activating group) is 1. The predicted molar refractivity (Wildman–Crippen MR) is 77.5 cm³/mol. The number of aromatic nitrogens is 2. The molecule has 1 aromatic heterocycles. The van der Waals surface area contributed by atoms with E-state index in [9.17, 15) is 4.79 Å². The Balaban J connectivity index is 1.83. The van der Waals surface area contributed by atoms with Crippen LogP contribution in [-0.4, -0.2) is 52.1 Å². The maximum absolute atomic E-state index is 12.8. The van der Waals surface area contributed by atoms with Crippen LogP contribution in [0.1, 0.15) is 41.5 Å². The van der Waals surface area contributed by atoms with Crippen LogP contribution in [0.15, 0.2) is 12.2 Å². The summed E-state index contributed by atoms with van der Waals surface area (Å²) >= 11 is 0. The van der Waals surface area contributed by atoms with Gasteiger partial charge in [-0.25, -0.2) is 0 Å². The van der Waals surface area contributed by atoms with Gasteiger partial charge in [0.1, 0.15) is 0 Å². The molecule has 5 nitrogen and oxygen atoms in total. The molecule has 1 atom stereocenters. The Bertz CT molecular complexity index is 534. The van der Waals surface area contributed by atoms with E-state index in [1.54, 1.807) is 0 Å². The molecule has 3 heterocycles. The molecule has 1 aromatic rings. The first-order chi connectivity index (χ1) is 9.70. The summed E-state index contributed by atoms with van der Waals surface area (Å²) in [7, 11) is 2.08. The van der Waals surface area contributed by atoms with E-state index in [0.29, 0.717) is 12.2 Å². The number of nitrogens with one attached hydrogen (secondary N) is 1. The highest BCUT2D eigenvalue weighted by Crippen LogP contribution is 2.23. The minimum atomic E-state index is 0.0706. The van der Waals surface area contributed by atoms with Gasteiger partial charge in [0.15, 0.2) is 5.69 Å². The number of aromatic amines is 1. The summed E-state index contributed by atoms with van der Waals surface area (Å²) in [6.07, 6.45) is 7.29. The van der Waals surface area contributed by atoms with Gasteiger partial charge in [-0.15, -0.1) is 0 Å². The largest absolute Gasteiger partial charge is 0.327 e. The first-order valence-corrected chi connectivity index (χ1v) is 7.43. The van der Waals surface area contributed by atoms with E-state index in [-0.39, 0.29) is 11.9 Å². The molecule has 0 bridgehead atoms. The fourth-order valence-corrected chi connectivity index (χ4v) is 3.10. The van der Waals surface area contributed by atoms with Crippen LogP contribution in [0.4, 0.5) is 0 Å². The highest BCUT2D eigenvalue weighted by atomic mass is 16.2. The second-order valence-electron chi connectivity index (χ2n) is 5.76. The number of hydrogen-bond donors (Lipinski definition) is 1. The van der Waals surface area contributed by atoms with Gasteiger partial charge in [0.25, 0.3) is 5.91 Å². The van der Waals surface area contributed by atoms with Crippen LogP contribution in [0.3, 0.4) is 0 Å². The smallest absolute Gasteiger partial charge is 0.275 e. The molecular formula is C15H22N4O. The molecule has 2 aliphatic rings. The van der Waals surface area contributed by atoms with Crippen molar-refractivity contribution in [3.63, 3.8) is 0 Å². The van der Waals surface area contributed by atoms with Crippen molar-refractivity contribution in [3.05, 3.63) is 29.1 Å². The monoisotopic (exact) mass is 274 g/mol. The molecule has 0 spiro atoms. The highest BCUT2D eigenvalue weighted by Gasteiger charge is 2.30. The van der Waals surface area contributed by atoms with Crippen LogP contribution in [0, 0.1) is 0 Å². The van der Waals surface area contributed by atoms with Crippen LogP contribution in [-0.2, 0) is 13.0 Å². The number of carbonyl (C=O) groups is 1. The van der Waals surface area contributed by atoms with Crippen LogP contribution < -0.4 is 0 Å². The molecule has 0 aliphatic carbocycles. The third kappa shape index (κ3) is 2.26. The van der Waals surface area contributed by atoms with Gasteiger partial charge in [0, 0.05) is 37.3 Å². The van der Waals surface area contributed by atoms with Gasteiger partial charge in [-0.2, -0.15) is 5.10 Å². The van der Waals surface area contributed by atoms with Crippen molar-refractivity contribution in [3.8, 4) is 0 Å². The predicted octanol–water partition coefficient (Wildman–Crippen LogP) is 1.58. The van der Waals surface area contributed by atoms with Gasteiger partial charge < -0.3 is 9.80 Å². The van der Waals surface area contributed by atoms with Crippen LogP contribution >= 0.6 is 0 Å². The van der Waals surface area contributed by atoms with E-state index in [0.717, 1.165) is 43.6 Å². The Labute approximate surface area is 119 Å². The van der Waals surface area contributed by atoms with E-state index in [2.05, 4.69) is 41.2 Å². The fraction of sp³-hybridized carbons (Fsp3) is 0.600. The number of rotatable bonds is 3. The van der Waals surface area contributed by atoms with E-state index in [1.165, 1.54) is 0 Å². The molecule has 0 radical (unpaired) electrons. The van der Waals surface area contributed by atoms with Gasteiger partial charge >= 0.3 is 0 Å². The Morgan fingerprint density at radius 1 is 1.55 bits per heavy atom. The first-order valence-electron chi connectivity index (χ1n) is 7.43. The normalized spacial score (nSPS) is 22.3. The average Bonchev–Trinajstić information content (AvgIpc) is 3.04. The van der Waals surface area contributed by atoms with Crippen LogP contribution in [0.5, 0.6) is 0 Å². The number of amides is 1. The first kappa shape index (κ1) is 13.4. The van der Waals surface area contributed by atoms with E-state index in [1.807, 2.05) is 4.90 Å². The molecule has 0 saturated carbocycles. The quantitative estimate of drug-likeness (QED) is 0.851. The minimum Gasteiger partial charge on any atom is -0.327 e. The summed E-state index contributed by atoms with van der Waals surface area (Å²) in [5, 5.41) is 7.35. The van der Waals surface area contributed by atoms with Crippen molar-refractivity contribution in [1.29, 1.82) is 0 Å². The van der Waals surface area contributed by atoms with Gasteiger partial charge in [-0.05, 0) is 13.5 Å². The maximum atomic E-state index is 12.8. The molecule has 1 amide bonds. The molecule has 20 heavy (non-hydrogen) atoms. The molecule has 3 rings (SSSR count). The highest BCUT2D eigenvalue weighted by molar-refractivity contribution is 5.94. The van der Waals surface area contributed by atoms with Gasteiger partial charge in [-0.1, -0.05) is 25.5 Å². The van der Waals surface area contributed by atoms with Crippen molar-refractivity contribution in [2.45, 2.75) is 38.8 Å². The minimum absolute atomic E-state index is 0.0706. The second-order valence-corrected chi connectivity index (χ2v) is 5.76. The number of hydrogen-bond acceptors (Lipinski definition) is 3. The lowest BCUT2D eigenvalue weighted by molar-refractivity contribution is 0.0736. The van der Waals surface area contributed by atoms with Crippen molar-refractivity contribution in [2.75, 3.05) is 20.1 Å². The summed E-state index contributed by atoms with van der Waals surface area (Å²) in [5.41, 5.74) is 2.84. The summed E-state index contributed by atoms with van der Waals surface area (Å²) < 4.78 is 0. The summed E-state index contributed by atoms with van der Waals surface area (Å²) in [6, 6.07) is 0.237. The summed E-state index contributed by atoms with van der Waals surface area (Å²) in [5.74, 6) is 0.0706. The SMILES string of the molecule is CCC[C@@H]1C=CCN1C(=O)c1n[nH]c2c1CN(C)CC2. The van der Waals surface area contributed by atoms with Crippen molar-refractivity contribution in [1.82, 2.24) is 20.0 Å². The Hall–Kier alpha value is -1.62. The number of fused-ring (bicyclic) bond motifs is 1. The maximum Gasteiger partial charge on any atom is 0.275 e. The molecule has 0 saturated heterocycles. The molecule has 0 unspecified atom stereocenters. The van der Waals surface area contributed by atoms with Gasteiger partial charge in [0.2, 0.25) is 0 Å². The van der Waals surface area contributed by atoms with Crippen LogP contribution in [0.2, 0.25) is 0 Å². The average molecular weight is 274 g/mol. The zero-order valence-corrected chi connectivity index (χ0v) is 12.2. The molecule has 1 N–H and O–H groups in total. The fourth-order valence-electron chi connectivity index (χ4n) is 3.10. The molecule has 0 aromatic carbocycles. The zero-order chi connectivity index (χ0) is 14.1. The number of carbonyl (C=O) groups excluding carboxylic acids is 1. The van der Waals surface area contributed by atoms with Gasteiger partial charge in [0.05, 0.1) is 6.04 Å². The number of H-pyrrole nitrogens is 1. The lowest BCUT2D eigenvalue weighted by Gasteiger charge is -2.26. The third-order valence-corrected chi connectivity index (χ3v) is 4.23. The van der Waals surface area contributed by atoms with Crippen LogP contribution in [0.25, 0.3) is 0 Å². The van der Waals surface area contributed by atoms with E-state index in [4.69, 9.17) is 0 Å². The second kappa shape index (κ2) is 5.40. The van der Waals surface area contributed by atoms with E-state index < -0.39 is 0 Å². The summed E-state index contributed by atoms with van der Waals surface area (Å²) in [4.78, 5) is 16.9. The Morgan fingerprint density at radius 2 is 2.40 bits per heavy atom. The Kier molecular flexibility index (Phi) is 3.61. The Morgan fingerprint density at radius 3 is 3.20 bits per heavy atom. The van der Waals surface area contributed by atoms with Crippen molar-refractivity contribution in [2.24, 2.45) is 0 Å². The molecule has 108 valence electrons. The molecular weight excluding hydrogens is 252 g/mol. The zero-order valence-electron chi connectivity index (χ0n) is 12.2. The molecule has 5 heteroatoms. The topological polar surface area (TPSA) is 52.2 Å². The molecule has 2 aliphatic heterocycles. The third-order valence-electron chi connectivity index (χ3n) is 4.23. The van der Waals surface area contributed by atoms with Gasteiger partial charge in [-0.3, -0.25) is 9.89 Å². The summed E-state index contributed by atoms with van der Waals surface area (Å²) in [6.45, 7) is 4.69. The molecule has 0 fully saturated rings. The number of nitrogens with zero attached hydrogens (tertiary/aromatic N) is 3. The van der Waals surface area contributed by atoms with Crippen molar-refractivity contribution < 1.29 is 4.79 Å².